The molecule has 0 saturated carbocycles. The van der Waals surface area contributed by atoms with Crippen molar-refractivity contribution in [2.75, 3.05) is 11.6 Å². The monoisotopic (exact) mass is 460 g/mol. The summed E-state index contributed by atoms with van der Waals surface area (Å²) in [5, 5.41) is 13.8. The highest BCUT2D eigenvalue weighted by atomic mass is 32.2. The van der Waals surface area contributed by atoms with Gasteiger partial charge in [0.25, 0.3) is 11.6 Å². The highest BCUT2D eigenvalue weighted by Crippen LogP contribution is 2.34. The average molecular weight is 461 g/mol. The van der Waals surface area contributed by atoms with Gasteiger partial charge in [0.1, 0.15) is 5.82 Å². The normalized spacial score (nSPS) is 11.2. The van der Waals surface area contributed by atoms with Crippen LogP contribution in [0.3, 0.4) is 0 Å². The Balaban J connectivity index is 2.02. The summed E-state index contributed by atoms with van der Waals surface area (Å²) in [5.74, 6) is -1.18. The average Bonchev–Trinajstić information content (AvgIpc) is 2.70. The second-order valence-corrected chi connectivity index (χ2v) is 9.77. The predicted octanol–water partition coefficient (Wildman–Crippen LogP) is 4.85. The van der Waals surface area contributed by atoms with Crippen LogP contribution in [-0.4, -0.2) is 25.5 Å². The van der Waals surface area contributed by atoms with E-state index in [1.54, 1.807) is 19.1 Å². The number of amides is 1. The van der Waals surface area contributed by atoms with Gasteiger partial charge in [-0.05, 0) is 42.8 Å². The minimum Gasteiger partial charge on any atom is -0.322 e. The number of benzene rings is 3. The molecule has 0 aliphatic heterocycles. The van der Waals surface area contributed by atoms with E-state index in [1.807, 2.05) is 0 Å². The van der Waals surface area contributed by atoms with E-state index in [9.17, 15) is 27.7 Å². The van der Waals surface area contributed by atoms with Crippen LogP contribution in [0.5, 0.6) is 0 Å². The molecule has 0 aromatic heterocycles. The van der Waals surface area contributed by atoms with Crippen LogP contribution in [0.1, 0.15) is 15.9 Å². The molecule has 0 heterocycles. The van der Waals surface area contributed by atoms with Crippen LogP contribution in [0.4, 0.5) is 15.8 Å². The molecule has 0 aliphatic carbocycles. The van der Waals surface area contributed by atoms with Crippen LogP contribution in [-0.2, 0) is 9.84 Å². The lowest BCUT2D eigenvalue weighted by molar-refractivity contribution is -0.384. The van der Waals surface area contributed by atoms with Gasteiger partial charge < -0.3 is 5.32 Å². The third kappa shape index (κ3) is 5.28. The molecule has 0 spiro atoms. The van der Waals surface area contributed by atoms with E-state index >= 15 is 0 Å². The summed E-state index contributed by atoms with van der Waals surface area (Å²) in [6.45, 7) is 1.68. The first-order valence-corrected chi connectivity index (χ1v) is 11.6. The van der Waals surface area contributed by atoms with Gasteiger partial charge in [-0.2, -0.15) is 0 Å². The molecular weight excluding hydrogens is 443 g/mol. The van der Waals surface area contributed by atoms with Crippen LogP contribution >= 0.6 is 11.8 Å². The van der Waals surface area contributed by atoms with E-state index in [1.165, 1.54) is 42.5 Å². The maximum absolute atomic E-state index is 14.1. The standard InChI is InChI=1S/C21H17FN2O5S2/c1-13-7-9-15(31(2,28)29)12-18(13)23-21(25)16-11-14(24(26)27)8-10-19(16)30-20-6-4-3-5-17(20)22/h3-12H,1-2H3,(H,23,25). The van der Waals surface area contributed by atoms with Crippen molar-refractivity contribution in [2.24, 2.45) is 0 Å². The van der Waals surface area contributed by atoms with E-state index in [0.29, 0.717) is 10.5 Å². The number of anilines is 1. The number of sulfone groups is 1. The molecule has 0 unspecified atom stereocenters. The maximum Gasteiger partial charge on any atom is 0.270 e. The Bertz CT molecular complexity index is 1290. The van der Waals surface area contributed by atoms with Crippen molar-refractivity contribution in [1.29, 1.82) is 0 Å². The minimum absolute atomic E-state index is 0.0217. The number of hydrogen-bond donors (Lipinski definition) is 1. The van der Waals surface area contributed by atoms with Crippen LogP contribution < -0.4 is 5.32 Å². The molecule has 160 valence electrons. The fraction of sp³-hybridized carbons (Fsp3) is 0.0952. The third-order valence-electron chi connectivity index (χ3n) is 4.36. The van der Waals surface area contributed by atoms with Crippen LogP contribution in [0.2, 0.25) is 0 Å². The number of nitrogens with zero attached hydrogens (tertiary/aromatic N) is 1. The van der Waals surface area contributed by atoms with Crippen molar-refractivity contribution >= 4 is 38.9 Å². The van der Waals surface area contributed by atoms with Gasteiger partial charge in [-0.15, -0.1) is 0 Å². The zero-order valence-corrected chi connectivity index (χ0v) is 18.1. The predicted molar refractivity (Wildman–Crippen MR) is 116 cm³/mol. The summed E-state index contributed by atoms with van der Waals surface area (Å²) >= 11 is 0.957. The molecule has 3 rings (SSSR count). The molecule has 0 bridgehead atoms. The zero-order chi connectivity index (χ0) is 22.8. The van der Waals surface area contributed by atoms with Gasteiger partial charge in [-0.25, -0.2) is 12.8 Å². The highest BCUT2D eigenvalue weighted by molar-refractivity contribution is 7.99. The lowest BCUT2D eigenvalue weighted by Crippen LogP contribution is -2.15. The van der Waals surface area contributed by atoms with E-state index in [4.69, 9.17) is 0 Å². The zero-order valence-electron chi connectivity index (χ0n) is 16.5. The van der Waals surface area contributed by atoms with Crippen molar-refractivity contribution in [1.82, 2.24) is 0 Å². The van der Waals surface area contributed by atoms with Crippen molar-refractivity contribution in [3.8, 4) is 0 Å². The molecule has 31 heavy (non-hydrogen) atoms. The maximum atomic E-state index is 14.1. The summed E-state index contributed by atoms with van der Waals surface area (Å²) in [7, 11) is -3.50. The van der Waals surface area contributed by atoms with Gasteiger partial charge in [0.2, 0.25) is 0 Å². The topological polar surface area (TPSA) is 106 Å². The largest absolute Gasteiger partial charge is 0.322 e. The molecule has 3 aromatic rings. The third-order valence-corrected chi connectivity index (χ3v) is 6.60. The van der Waals surface area contributed by atoms with Gasteiger partial charge in [-0.3, -0.25) is 14.9 Å². The number of nitro benzene ring substituents is 1. The number of non-ortho nitro benzene ring substituents is 1. The first-order chi connectivity index (χ1) is 14.6. The molecule has 3 aromatic carbocycles. The summed E-state index contributed by atoms with van der Waals surface area (Å²) in [5.41, 5.74) is 0.520. The Morgan fingerprint density at radius 3 is 2.42 bits per heavy atom. The molecule has 0 atom stereocenters. The number of carbonyl (C=O) groups is 1. The van der Waals surface area contributed by atoms with E-state index in [0.717, 1.165) is 24.1 Å². The molecule has 7 nitrogen and oxygen atoms in total. The molecule has 10 heteroatoms. The van der Waals surface area contributed by atoms with Crippen molar-refractivity contribution in [3.05, 3.63) is 87.7 Å². The first kappa shape index (κ1) is 22.4. The molecule has 1 N–H and O–H groups in total. The number of carbonyl (C=O) groups excluding carboxylic acids is 1. The fourth-order valence-electron chi connectivity index (χ4n) is 2.70. The number of aryl methyl sites for hydroxylation is 1. The van der Waals surface area contributed by atoms with Crippen LogP contribution in [0.25, 0.3) is 0 Å². The fourth-order valence-corrected chi connectivity index (χ4v) is 4.29. The smallest absolute Gasteiger partial charge is 0.270 e. The SMILES string of the molecule is Cc1ccc(S(C)(=O)=O)cc1NC(=O)c1cc([N+](=O)[O-])ccc1Sc1ccccc1F. The number of halogens is 1. The minimum atomic E-state index is -3.50. The van der Waals surface area contributed by atoms with Gasteiger partial charge in [0.05, 0.1) is 15.4 Å². The van der Waals surface area contributed by atoms with Gasteiger partial charge >= 0.3 is 0 Å². The van der Waals surface area contributed by atoms with Gasteiger partial charge in [-0.1, -0.05) is 30.0 Å². The Morgan fingerprint density at radius 2 is 1.77 bits per heavy atom. The Kier molecular flexibility index (Phi) is 6.42. The van der Waals surface area contributed by atoms with Crippen LogP contribution in [0, 0.1) is 22.9 Å². The lowest BCUT2D eigenvalue weighted by atomic mass is 10.1. The van der Waals surface area contributed by atoms with Crippen molar-refractivity contribution in [3.63, 3.8) is 0 Å². The first-order valence-electron chi connectivity index (χ1n) is 8.89. The summed E-state index contributed by atoms with van der Waals surface area (Å²) in [6.07, 6.45) is 1.05. The molecule has 1 amide bonds. The molecule has 0 aliphatic rings. The summed E-state index contributed by atoms with van der Waals surface area (Å²) < 4.78 is 37.8. The molecule has 0 radical (unpaired) electrons. The molecule has 0 saturated heterocycles. The Hall–Kier alpha value is -3.24. The van der Waals surface area contributed by atoms with Crippen LogP contribution in [0.15, 0.2) is 75.4 Å². The Morgan fingerprint density at radius 1 is 1.06 bits per heavy atom. The van der Waals surface area contributed by atoms with E-state index in [2.05, 4.69) is 5.32 Å². The van der Waals surface area contributed by atoms with Crippen molar-refractivity contribution < 1.29 is 22.5 Å². The number of rotatable bonds is 6. The van der Waals surface area contributed by atoms with Gasteiger partial charge in [0, 0.05) is 33.9 Å². The highest BCUT2D eigenvalue weighted by Gasteiger charge is 2.20. The molecular formula is C21H17FN2O5S2. The van der Waals surface area contributed by atoms with Gasteiger partial charge in [0.15, 0.2) is 9.84 Å². The summed E-state index contributed by atoms with van der Waals surface area (Å²) in [4.78, 5) is 24.2. The quantitative estimate of drug-likeness (QED) is 0.416. The number of nitrogens with one attached hydrogen (secondary N) is 1. The lowest BCUT2D eigenvalue weighted by Gasteiger charge is -2.13. The summed E-state index contributed by atoms with van der Waals surface area (Å²) in [6, 6.07) is 14.0. The second-order valence-electron chi connectivity index (χ2n) is 6.67. The molecule has 0 fully saturated rings. The number of nitro groups is 1. The second kappa shape index (κ2) is 8.86. The van der Waals surface area contributed by atoms with Crippen molar-refractivity contribution in [2.45, 2.75) is 21.6 Å². The van der Waals surface area contributed by atoms with E-state index in [-0.39, 0.29) is 26.7 Å². The Labute approximate surface area is 182 Å². The number of hydrogen-bond acceptors (Lipinski definition) is 6. The van der Waals surface area contributed by atoms with E-state index < -0.39 is 26.5 Å².